The van der Waals surface area contributed by atoms with Gasteiger partial charge in [-0.05, 0) is 43.2 Å². The summed E-state index contributed by atoms with van der Waals surface area (Å²) in [6.07, 6.45) is 1.59. The lowest BCUT2D eigenvalue weighted by Gasteiger charge is -2.39. The van der Waals surface area contributed by atoms with Gasteiger partial charge in [-0.25, -0.2) is 0 Å². The van der Waals surface area contributed by atoms with Gasteiger partial charge in [0.2, 0.25) is 10.8 Å². The van der Waals surface area contributed by atoms with Crippen LogP contribution in [0.1, 0.15) is 29.5 Å². The lowest BCUT2D eigenvalue weighted by atomic mass is 10.0. The molecule has 2 amide bonds. The number of aryl methyl sites for hydroxylation is 2. The fourth-order valence-corrected chi connectivity index (χ4v) is 6.94. The van der Waals surface area contributed by atoms with Crippen LogP contribution in [0.5, 0.6) is 0 Å². The lowest BCUT2D eigenvalue weighted by molar-refractivity contribution is -0.185. The van der Waals surface area contributed by atoms with Crippen molar-refractivity contribution in [2.75, 3.05) is 48.5 Å². The number of hydrogen-bond donors (Lipinski definition) is 0. The predicted octanol–water partition coefficient (Wildman–Crippen LogP) is 3.38. The van der Waals surface area contributed by atoms with E-state index >= 15 is 0 Å². The second-order valence-electron chi connectivity index (χ2n) is 9.55. The van der Waals surface area contributed by atoms with Crippen LogP contribution in [0.3, 0.4) is 0 Å². The first kappa shape index (κ1) is 22.1. The van der Waals surface area contributed by atoms with Gasteiger partial charge in [0.25, 0.3) is 5.91 Å². The Morgan fingerprint density at radius 2 is 1.71 bits per heavy atom. The minimum absolute atomic E-state index is 0.0336. The third-order valence-corrected chi connectivity index (χ3v) is 8.97. The zero-order chi connectivity index (χ0) is 23.5. The van der Waals surface area contributed by atoms with E-state index < -0.39 is 10.7 Å². The van der Waals surface area contributed by atoms with Gasteiger partial charge in [0.1, 0.15) is 0 Å². The molecule has 3 saturated heterocycles. The van der Waals surface area contributed by atoms with Crippen LogP contribution in [0.25, 0.3) is 0 Å². The third-order valence-electron chi connectivity index (χ3n) is 7.59. The summed E-state index contributed by atoms with van der Waals surface area (Å²) in [4.78, 5) is 32.3. The highest BCUT2D eigenvalue weighted by Gasteiger charge is 2.61. The molecule has 1 atom stereocenters. The first-order chi connectivity index (χ1) is 16.4. The number of ether oxygens (including phenoxy) is 2. The van der Waals surface area contributed by atoms with Crippen molar-refractivity contribution >= 4 is 35.0 Å². The van der Waals surface area contributed by atoms with E-state index in [0.29, 0.717) is 19.9 Å². The molecule has 4 aliphatic heterocycles. The topological polar surface area (TPSA) is 62.3 Å². The molecule has 178 valence electrons. The highest BCUT2D eigenvalue weighted by atomic mass is 32.2. The number of hydrogen-bond acceptors (Lipinski definition) is 6. The summed E-state index contributed by atoms with van der Waals surface area (Å²) in [5.74, 6) is -0.245. The number of para-hydroxylation sites is 1. The molecule has 34 heavy (non-hydrogen) atoms. The van der Waals surface area contributed by atoms with Gasteiger partial charge in [-0.1, -0.05) is 24.3 Å². The molecule has 2 aromatic carbocycles. The highest BCUT2D eigenvalue weighted by molar-refractivity contribution is 8.02. The van der Waals surface area contributed by atoms with E-state index in [2.05, 4.69) is 11.8 Å². The SMILES string of the molecule is Cc1ccc(N2C(=O)CSC23C(=O)N(CN2CCC4(CC2)OCCO4)c2ccccc23)cc1C. The molecule has 3 fully saturated rings. The molecule has 0 aromatic heterocycles. The van der Waals surface area contributed by atoms with E-state index in [1.54, 1.807) is 4.90 Å². The van der Waals surface area contributed by atoms with Crippen molar-refractivity contribution in [2.45, 2.75) is 37.3 Å². The standard InChI is InChI=1S/C26H29N3O4S/c1-18-7-8-20(15-19(18)2)29-23(30)16-34-26(29)21-5-3-4-6-22(21)28(24(26)31)17-27-11-9-25(10-12-27)32-13-14-33-25/h3-8,15H,9-14,16-17H2,1-2H3. The van der Waals surface area contributed by atoms with Crippen molar-refractivity contribution in [2.24, 2.45) is 0 Å². The second-order valence-corrected chi connectivity index (χ2v) is 10.7. The molecule has 1 unspecified atom stereocenters. The number of thioether (sulfide) groups is 1. The van der Waals surface area contributed by atoms with Crippen LogP contribution in [0.2, 0.25) is 0 Å². The number of benzene rings is 2. The summed E-state index contributed by atoms with van der Waals surface area (Å²) in [5, 5.41) is 0. The molecule has 4 aliphatic rings. The molecule has 7 nitrogen and oxygen atoms in total. The first-order valence-corrected chi connectivity index (χ1v) is 12.9. The van der Waals surface area contributed by atoms with E-state index in [1.807, 2.05) is 54.3 Å². The minimum atomic E-state index is -1.07. The van der Waals surface area contributed by atoms with E-state index in [1.165, 1.54) is 11.8 Å². The van der Waals surface area contributed by atoms with Crippen LogP contribution < -0.4 is 9.80 Å². The molecule has 6 rings (SSSR count). The van der Waals surface area contributed by atoms with Gasteiger partial charge < -0.3 is 9.47 Å². The van der Waals surface area contributed by atoms with Crippen LogP contribution in [0.4, 0.5) is 11.4 Å². The van der Waals surface area contributed by atoms with Crippen molar-refractivity contribution in [3.05, 3.63) is 59.2 Å². The maximum atomic E-state index is 14.2. The monoisotopic (exact) mass is 479 g/mol. The second kappa shape index (κ2) is 8.09. The zero-order valence-electron chi connectivity index (χ0n) is 19.6. The number of nitrogens with zero attached hydrogens (tertiary/aromatic N) is 3. The van der Waals surface area contributed by atoms with Crippen LogP contribution >= 0.6 is 11.8 Å². The zero-order valence-corrected chi connectivity index (χ0v) is 20.4. The quantitative estimate of drug-likeness (QED) is 0.673. The number of carbonyl (C=O) groups excluding carboxylic acids is 2. The molecule has 2 aromatic rings. The first-order valence-electron chi connectivity index (χ1n) is 11.9. The minimum Gasteiger partial charge on any atom is -0.347 e. The normalized spacial score (nSPS) is 26.3. The number of fused-ring (bicyclic) bond motifs is 2. The molecule has 8 heteroatoms. The maximum Gasteiger partial charge on any atom is 0.269 e. The smallest absolute Gasteiger partial charge is 0.269 e. The fraction of sp³-hybridized carbons (Fsp3) is 0.462. The molecule has 4 heterocycles. The van der Waals surface area contributed by atoms with Gasteiger partial charge in [-0.3, -0.25) is 24.3 Å². The molecule has 2 spiro atoms. The fourth-order valence-electron chi connectivity index (χ4n) is 5.58. The Bertz CT molecular complexity index is 1150. The van der Waals surface area contributed by atoms with Gasteiger partial charge in [0, 0.05) is 37.2 Å². The number of likely N-dealkylation sites (tertiary alicyclic amines) is 1. The number of rotatable bonds is 3. The van der Waals surface area contributed by atoms with Gasteiger partial charge in [0.15, 0.2) is 5.79 Å². The molecule has 0 saturated carbocycles. The number of carbonyl (C=O) groups is 2. The summed E-state index contributed by atoms with van der Waals surface area (Å²) in [5.41, 5.74) is 4.82. The lowest BCUT2D eigenvalue weighted by Crippen LogP contribution is -2.53. The van der Waals surface area contributed by atoms with Crippen LogP contribution in [0.15, 0.2) is 42.5 Å². The van der Waals surface area contributed by atoms with E-state index in [0.717, 1.165) is 54.0 Å². The summed E-state index contributed by atoms with van der Waals surface area (Å²) in [6, 6.07) is 13.9. The Balaban J connectivity index is 1.34. The van der Waals surface area contributed by atoms with Crippen molar-refractivity contribution in [1.82, 2.24) is 4.90 Å². The Morgan fingerprint density at radius 3 is 2.44 bits per heavy atom. The Kier molecular flexibility index (Phi) is 5.26. The van der Waals surface area contributed by atoms with E-state index in [9.17, 15) is 9.59 Å². The molecular weight excluding hydrogens is 450 g/mol. The number of anilines is 2. The van der Waals surface area contributed by atoms with Crippen molar-refractivity contribution in [1.29, 1.82) is 0 Å². The average molecular weight is 480 g/mol. The predicted molar refractivity (Wildman–Crippen MR) is 132 cm³/mol. The third kappa shape index (κ3) is 3.23. The van der Waals surface area contributed by atoms with Crippen LogP contribution in [-0.4, -0.2) is 61.2 Å². The number of piperidine rings is 1. The van der Waals surface area contributed by atoms with Gasteiger partial charge in [-0.15, -0.1) is 11.8 Å². The average Bonchev–Trinajstić information content (AvgIpc) is 3.51. The summed E-state index contributed by atoms with van der Waals surface area (Å²) >= 11 is 1.43. The van der Waals surface area contributed by atoms with E-state index in [4.69, 9.17) is 9.47 Å². The summed E-state index contributed by atoms with van der Waals surface area (Å²) in [7, 11) is 0. The Hall–Kier alpha value is -2.39. The molecule has 0 bridgehead atoms. The van der Waals surface area contributed by atoms with Crippen molar-refractivity contribution < 1.29 is 19.1 Å². The van der Waals surface area contributed by atoms with Crippen LogP contribution in [-0.2, 0) is 23.9 Å². The van der Waals surface area contributed by atoms with Gasteiger partial charge in [0.05, 0.1) is 31.3 Å². The Labute approximate surface area is 204 Å². The molecule has 0 aliphatic carbocycles. The van der Waals surface area contributed by atoms with Crippen molar-refractivity contribution in [3.63, 3.8) is 0 Å². The number of amides is 2. The summed E-state index contributed by atoms with van der Waals surface area (Å²) < 4.78 is 11.7. The maximum absolute atomic E-state index is 14.2. The van der Waals surface area contributed by atoms with Crippen LogP contribution in [0, 0.1) is 13.8 Å². The Morgan fingerprint density at radius 1 is 0.971 bits per heavy atom. The van der Waals surface area contributed by atoms with Gasteiger partial charge >= 0.3 is 0 Å². The summed E-state index contributed by atoms with van der Waals surface area (Å²) in [6.45, 7) is 7.48. The molecular formula is C26H29N3O4S. The largest absolute Gasteiger partial charge is 0.347 e. The van der Waals surface area contributed by atoms with E-state index in [-0.39, 0.29) is 17.6 Å². The highest BCUT2D eigenvalue weighted by Crippen LogP contribution is 2.55. The van der Waals surface area contributed by atoms with Crippen molar-refractivity contribution in [3.8, 4) is 0 Å². The molecule has 0 N–H and O–H groups in total. The van der Waals surface area contributed by atoms with Gasteiger partial charge in [-0.2, -0.15) is 0 Å². The molecule has 0 radical (unpaired) electrons.